The Balaban J connectivity index is 1.55. The van der Waals surface area contributed by atoms with Gasteiger partial charge >= 0.3 is 0 Å². The molecule has 1 aromatic carbocycles. The van der Waals surface area contributed by atoms with Crippen LogP contribution in [0.4, 0.5) is 0 Å². The fourth-order valence-electron chi connectivity index (χ4n) is 2.85. The summed E-state index contributed by atoms with van der Waals surface area (Å²) in [6, 6.07) is 9.10. The molecule has 1 aliphatic rings. The number of hydrogen-bond acceptors (Lipinski definition) is 3. The van der Waals surface area contributed by atoms with Gasteiger partial charge in [0.1, 0.15) is 5.75 Å². The van der Waals surface area contributed by atoms with Gasteiger partial charge in [-0.05, 0) is 49.9 Å². The zero-order valence-electron chi connectivity index (χ0n) is 13.3. The van der Waals surface area contributed by atoms with Gasteiger partial charge in [-0.25, -0.2) is 0 Å². The minimum absolute atomic E-state index is 0.749. The van der Waals surface area contributed by atoms with Crippen molar-refractivity contribution in [2.45, 2.75) is 51.0 Å². The molecule has 3 heteroatoms. The van der Waals surface area contributed by atoms with Crippen LogP contribution in [0.5, 0.6) is 5.75 Å². The fourth-order valence-corrected chi connectivity index (χ4v) is 2.85. The Kier molecular flexibility index (Phi) is 7.61. The van der Waals surface area contributed by atoms with Gasteiger partial charge in [0.05, 0.1) is 13.2 Å². The summed E-state index contributed by atoms with van der Waals surface area (Å²) in [5.41, 5.74) is 1.29. The molecule has 1 aliphatic carbocycles. The zero-order chi connectivity index (χ0) is 14.8. The predicted molar refractivity (Wildman–Crippen MR) is 87.0 cm³/mol. The van der Waals surface area contributed by atoms with Crippen molar-refractivity contribution in [3.63, 3.8) is 0 Å². The standard InChI is InChI=1S/C18H29NO2/c1-20-15-12-16-8-10-18(11-9-16)21-14-5-13-19-17-6-3-2-4-7-17/h8-11,17,19H,2-7,12-15H2,1H3. The van der Waals surface area contributed by atoms with E-state index < -0.39 is 0 Å². The molecule has 1 fully saturated rings. The number of ether oxygens (including phenoxy) is 2. The van der Waals surface area contributed by atoms with Crippen molar-refractivity contribution in [3.05, 3.63) is 29.8 Å². The highest BCUT2D eigenvalue weighted by Crippen LogP contribution is 2.17. The van der Waals surface area contributed by atoms with Crippen molar-refractivity contribution in [1.29, 1.82) is 0 Å². The normalized spacial score (nSPS) is 16.0. The summed E-state index contributed by atoms with van der Waals surface area (Å²) in [6.07, 6.45) is 8.94. The number of benzene rings is 1. The van der Waals surface area contributed by atoms with E-state index in [2.05, 4.69) is 29.6 Å². The Hall–Kier alpha value is -1.06. The fraction of sp³-hybridized carbons (Fsp3) is 0.667. The molecular weight excluding hydrogens is 262 g/mol. The van der Waals surface area contributed by atoms with Crippen LogP contribution in [0.2, 0.25) is 0 Å². The summed E-state index contributed by atoms with van der Waals surface area (Å²) in [6.45, 7) is 2.63. The summed E-state index contributed by atoms with van der Waals surface area (Å²) in [5, 5.41) is 3.65. The minimum atomic E-state index is 0.749. The van der Waals surface area contributed by atoms with Crippen molar-refractivity contribution in [2.75, 3.05) is 26.9 Å². The zero-order valence-corrected chi connectivity index (χ0v) is 13.3. The highest BCUT2D eigenvalue weighted by Gasteiger charge is 2.11. The third-order valence-corrected chi connectivity index (χ3v) is 4.15. The third-order valence-electron chi connectivity index (χ3n) is 4.15. The van der Waals surface area contributed by atoms with E-state index in [1.54, 1.807) is 7.11 Å². The molecule has 21 heavy (non-hydrogen) atoms. The van der Waals surface area contributed by atoms with Crippen LogP contribution in [0.3, 0.4) is 0 Å². The second kappa shape index (κ2) is 9.80. The number of rotatable bonds is 9. The van der Waals surface area contributed by atoms with Gasteiger partial charge in [0, 0.05) is 13.2 Å². The quantitative estimate of drug-likeness (QED) is 0.706. The highest BCUT2D eigenvalue weighted by atomic mass is 16.5. The lowest BCUT2D eigenvalue weighted by Gasteiger charge is -2.22. The van der Waals surface area contributed by atoms with Crippen LogP contribution in [0.15, 0.2) is 24.3 Å². The smallest absolute Gasteiger partial charge is 0.119 e. The molecule has 0 atom stereocenters. The molecule has 0 unspecified atom stereocenters. The van der Waals surface area contributed by atoms with E-state index in [0.29, 0.717) is 0 Å². The van der Waals surface area contributed by atoms with Crippen LogP contribution in [-0.2, 0) is 11.2 Å². The molecule has 1 aromatic rings. The molecule has 0 spiro atoms. The highest BCUT2D eigenvalue weighted by molar-refractivity contribution is 5.27. The van der Waals surface area contributed by atoms with Gasteiger partial charge in [-0.2, -0.15) is 0 Å². The lowest BCUT2D eigenvalue weighted by molar-refractivity contribution is 0.202. The molecule has 118 valence electrons. The van der Waals surface area contributed by atoms with E-state index in [1.807, 2.05) is 0 Å². The van der Waals surface area contributed by atoms with Crippen LogP contribution in [0.1, 0.15) is 44.1 Å². The average molecular weight is 291 g/mol. The Morgan fingerprint density at radius 2 is 1.81 bits per heavy atom. The van der Waals surface area contributed by atoms with E-state index in [4.69, 9.17) is 9.47 Å². The molecule has 2 rings (SSSR count). The lowest BCUT2D eigenvalue weighted by Crippen LogP contribution is -2.32. The van der Waals surface area contributed by atoms with E-state index in [-0.39, 0.29) is 0 Å². The van der Waals surface area contributed by atoms with Gasteiger partial charge in [0.2, 0.25) is 0 Å². The van der Waals surface area contributed by atoms with Crippen LogP contribution < -0.4 is 10.1 Å². The van der Waals surface area contributed by atoms with Gasteiger partial charge in [0.15, 0.2) is 0 Å². The SMILES string of the molecule is COCCc1ccc(OCCCNC2CCCCC2)cc1. The first kappa shape index (κ1) is 16.3. The van der Waals surface area contributed by atoms with E-state index in [0.717, 1.165) is 44.4 Å². The molecule has 3 nitrogen and oxygen atoms in total. The molecule has 0 saturated heterocycles. The van der Waals surface area contributed by atoms with Crippen molar-refractivity contribution in [3.8, 4) is 5.75 Å². The minimum Gasteiger partial charge on any atom is -0.494 e. The summed E-state index contributed by atoms with van der Waals surface area (Å²) in [7, 11) is 1.73. The lowest BCUT2D eigenvalue weighted by atomic mass is 9.95. The van der Waals surface area contributed by atoms with Gasteiger partial charge in [0.25, 0.3) is 0 Å². The molecule has 0 bridgehead atoms. The Morgan fingerprint density at radius 1 is 1.05 bits per heavy atom. The first-order valence-corrected chi connectivity index (χ1v) is 8.32. The first-order valence-electron chi connectivity index (χ1n) is 8.32. The van der Waals surface area contributed by atoms with Gasteiger partial charge in [-0.3, -0.25) is 0 Å². The van der Waals surface area contributed by atoms with Gasteiger partial charge < -0.3 is 14.8 Å². The Labute approximate surface area is 129 Å². The second-order valence-corrected chi connectivity index (χ2v) is 5.88. The molecule has 0 heterocycles. The molecule has 0 radical (unpaired) electrons. The van der Waals surface area contributed by atoms with Crippen LogP contribution in [0.25, 0.3) is 0 Å². The summed E-state index contributed by atoms with van der Waals surface area (Å²) < 4.78 is 10.9. The third kappa shape index (κ3) is 6.49. The van der Waals surface area contributed by atoms with Crippen LogP contribution in [-0.4, -0.2) is 32.9 Å². The summed E-state index contributed by atoms with van der Waals surface area (Å²) in [5.74, 6) is 0.967. The molecule has 1 saturated carbocycles. The monoisotopic (exact) mass is 291 g/mol. The van der Waals surface area contributed by atoms with Crippen molar-refractivity contribution >= 4 is 0 Å². The first-order chi connectivity index (χ1) is 10.4. The maximum absolute atomic E-state index is 5.78. The van der Waals surface area contributed by atoms with Crippen molar-refractivity contribution < 1.29 is 9.47 Å². The maximum atomic E-state index is 5.78. The maximum Gasteiger partial charge on any atom is 0.119 e. The van der Waals surface area contributed by atoms with E-state index >= 15 is 0 Å². The topological polar surface area (TPSA) is 30.5 Å². The number of methoxy groups -OCH3 is 1. The summed E-state index contributed by atoms with van der Waals surface area (Å²) >= 11 is 0. The second-order valence-electron chi connectivity index (χ2n) is 5.88. The van der Waals surface area contributed by atoms with Crippen LogP contribution in [0, 0.1) is 0 Å². The average Bonchev–Trinajstić information content (AvgIpc) is 2.55. The van der Waals surface area contributed by atoms with E-state index in [9.17, 15) is 0 Å². The Bertz CT molecular complexity index is 371. The Morgan fingerprint density at radius 3 is 2.52 bits per heavy atom. The molecule has 0 amide bonds. The van der Waals surface area contributed by atoms with Gasteiger partial charge in [-0.1, -0.05) is 31.4 Å². The number of nitrogens with one attached hydrogen (secondary N) is 1. The largest absolute Gasteiger partial charge is 0.494 e. The summed E-state index contributed by atoms with van der Waals surface area (Å²) in [4.78, 5) is 0. The molecular formula is C18H29NO2. The van der Waals surface area contributed by atoms with Crippen LogP contribution >= 0.6 is 0 Å². The van der Waals surface area contributed by atoms with Gasteiger partial charge in [-0.15, -0.1) is 0 Å². The predicted octanol–water partition coefficient (Wildman–Crippen LogP) is 3.57. The molecule has 0 aliphatic heterocycles. The number of hydrogen-bond donors (Lipinski definition) is 1. The van der Waals surface area contributed by atoms with E-state index in [1.165, 1.54) is 37.7 Å². The van der Waals surface area contributed by atoms with Crippen molar-refractivity contribution in [1.82, 2.24) is 5.32 Å². The molecule has 1 N–H and O–H groups in total. The van der Waals surface area contributed by atoms with Crippen molar-refractivity contribution in [2.24, 2.45) is 0 Å². The molecule has 0 aromatic heterocycles.